The molecule has 0 unspecified atom stereocenters. The number of para-hydroxylation sites is 1. The monoisotopic (exact) mass is 308 g/mol. The first-order valence-corrected chi connectivity index (χ1v) is 8.13. The van der Waals surface area contributed by atoms with Gasteiger partial charge in [0.05, 0.1) is 12.5 Å². The zero-order valence-corrected chi connectivity index (χ0v) is 13.0. The molecule has 5 heteroatoms. The molecule has 1 atom stereocenters. The fraction of sp³-hybridized carbons (Fsp3) is 0.333. The third-order valence-corrected chi connectivity index (χ3v) is 4.66. The molecule has 0 saturated carbocycles. The Morgan fingerprint density at radius 3 is 3.09 bits per heavy atom. The van der Waals surface area contributed by atoms with Crippen molar-refractivity contribution in [3.63, 3.8) is 0 Å². The lowest BCUT2D eigenvalue weighted by molar-refractivity contribution is -0.132. The number of likely N-dealkylation sites (tertiary alicyclic amines) is 1. The molecule has 1 aromatic carbocycles. The van der Waals surface area contributed by atoms with Gasteiger partial charge in [-0.05, 0) is 30.5 Å². The van der Waals surface area contributed by atoms with E-state index in [0.29, 0.717) is 12.5 Å². The third-order valence-electron chi connectivity index (χ3n) is 4.66. The van der Waals surface area contributed by atoms with Crippen LogP contribution in [0.2, 0.25) is 0 Å². The Morgan fingerprint density at radius 2 is 2.22 bits per heavy atom. The number of piperidine rings is 1. The number of H-pyrrole nitrogens is 1. The smallest absolute Gasteiger partial charge is 0.227 e. The second-order valence-electron chi connectivity index (χ2n) is 6.16. The Labute approximate surface area is 134 Å². The summed E-state index contributed by atoms with van der Waals surface area (Å²) >= 11 is 0. The molecule has 23 heavy (non-hydrogen) atoms. The lowest BCUT2D eigenvalue weighted by atomic mass is 10.0. The van der Waals surface area contributed by atoms with Crippen LogP contribution in [-0.2, 0) is 11.2 Å². The number of nitrogens with one attached hydrogen (secondary N) is 1. The SMILES string of the molecule is O=C(Cc1c[nH]c2ccccc12)N1CCC[C@H](n2cccn2)C1. The molecule has 0 spiro atoms. The fourth-order valence-corrected chi connectivity index (χ4v) is 3.45. The van der Waals surface area contributed by atoms with Crippen LogP contribution >= 0.6 is 0 Å². The van der Waals surface area contributed by atoms with Crippen LogP contribution in [0, 0.1) is 0 Å². The van der Waals surface area contributed by atoms with E-state index in [4.69, 9.17) is 0 Å². The van der Waals surface area contributed by atoms with Gasteiger partial charge in [-0.2, -0.15) is 5.10 Å². The maximum Gasteiger partial charge on any atom is 0.227 e. The van der Waals surface area contributed by atoms with Gasteiger partial charge in [-0.15, -0.1) is 0 Å². The quantitative estimate of drug-likeness (QED) is 0.809. The average Bonchev–Trinajstić information content (AvgIpc) is 3.25. The van der Waals surface area contributed by atoms with Gasteiger partial charge in [-0.1, -0.05) is 18.2 Å². The number of fused-ring (bicyclic) bond motifs is 1. The fourth-order valence-electron chi connectivity index (χ4n) is 3.45. The molecule has 1 aliphatic heterocycles. The van der Waals surface area contributed by atoms with Gasteiger partial charge in [0.1, 0.15) is 0 Å². The van der Waals surface area contributed by atoms with Crippen LogP contribution in [0.1, 0.15) is 24.4 Å². The summed E-state index contributed by atoms with van der Waals surface area (Å²) in [6.45, 7) is 1.60. The summed E-state index contributed by atoms with van der Waals surface area (Å²) in [6, 6.07) is 10.4. The van der Waals surface area contributed by atoms with E-state index >= 15 is 0 Å². The number of carbonyl (C=O) groups is 1. The van der Waals surface area contributed by atoms with Crippen LogP contribution in [-0.4, -0.2) is 38.7 Å². The van der Waals surface area contributed by atoms with Crippen molar-refractivity contribution in [2.24, 2.45) is 0 Å². The number of rotatable bonds is 3. The summed E-state index contributed by atoms with van der Waals surface area (Å²) < 4.78 is 1.98. The second kappa shape index (κ2) is 5.91. The highest BCUT2D eigenvalue weighted by Gasteiger charge is 2.25. The van der Waals surface area contributed by atoms with Crippen LogP contribution in [0.25, 0.3) is 10.9 Å². The first-order chi connectivity index (χ1) is 11.3. The highest BCUT2D eigenvalue weighted by Crippen LogP contribution is 2.23. The number of benzene rings is 1. The Balaban J connectivity index is 1.48. The minimum Gasteiger partial charge on any atom is -0.361 e. The average molecular weight is 308 g/mol. The van der Waals surface area contributed by atoms with Gasteiger partial charge < -0.3 is 9.88 Å². The molecular formula is C18H20N4O. The van der Waals surface area contributed by atoms with Crippen molar-refractivity contribution in [3.05, 3.63) is 54.5 Å². The minimum atomic E-state index is 0.201. The third kappa shape index (κ3) is 2.74. The van der Waals surface area contributed by atoms with Crippen molar-refractivity contribution in [1.82, 2.24) is 19.7 Å². The zero-order valence-electron chi connectivity index (χ0n) is 13.0. The molecule has 118 valence electrons. The number of carbonyl (C=O) groups excluding carboxylic acids is 1. The standard InChI is InChI=1S/C18H20N4O/c23-18(11-14-12-19-17-7-2-1-6-16(14)17)21-9-3-5-15(13-21)22-10-4-8-20-22/h1-2,4,6-8,10,12,15,19H,3,5,9,11,13H2/t15-/m0/s1. The van der Waals surface area contributed by atoms with E-state index in [9.17, 15) is 4.79 Å². The van der Waals surface area contributed by atoms with Crippen LogP contribution in [0.15, 0.2) is 48.9 Å². The highest BCUT2D eigenvalue weighted by molar-refractivity contribution is 5.88. The summed E-state index contributed by atoms with van der Waals surface area (Å²) in [5.41, 5.74) is 2.16. The molecule has 0 radical (unpaired) electrons. The first-order valence-electron chi connectivity index (χ1n) is 8.13. The van der Waals surface area contributed by atoms with E-state index in [0.717, 1.165) is 42.4 Å². The number of amides is 1. The van der Waals surface area contributed by atoms with Crippen molar-refractivity contribution >= 4 is 16.8 Å². The largest absolute Gasteiger partial charge is 0.361 e. The molecule has 5 nitrogen and oxygen atoms in total. The van der Waals surface area contributed by atoms with Crippen LogP contribution in [0.4, 0.5) is 0 Å². The lowest BCUT2D eigenvalue weighted by Gasteiger charge is -2.33. The van der Waals surface area contributed by atoms with E-state index in [1.807, 2.05) is 46.2 Å². The number of aromatic nitrogens is 3. The topological polar surface area (TPSA) is 53.9 Å². The van der Waals surface area contributed by atoms with E-state index < -0.39 is 0 Å². The van der Waals surface area contributed by atoms with Crippen molar-refractivity contribution in [2.75, 3.05) is 13.1 Å². The second-order valence-corrected chi connectivity index (χ2v) is 6.16. The van der Waals surface area contributed by atoms with E-state index in [2.05, 4.69) is 16.1 Å². The molecular weight excluding hydrogens is 288 g/mol. The maximum atomic E-state index is 12.7. The lowest BCUT2D eigenvalue weighted by Crippen LogP contribution is -2.41. The van der Waals surface area contributed by atoms with Gasteiger partial charge >= 0.3 is 0 Å². The van der Waals surface area contributed by atoms with Gasteiger partial charge in [0.25, 0.3) is 0 Å². The van der Waals surface area contributed by atoms with Crippen LogP contribution < -0.4 is 0 Å². The number of hydrogen-bond acceptors (Lipinski definition) is 2. The molecule has 1 N–H and O–H groups in total. The normalized spacial score (nSPS) is 18.4. The summed E-state index contributed by atoms with van der Waals surface area (Å²) in [7, 11) is 0. The molecule has 1 aliphatic rings. The van der Waals surface area contributed by atoms with Crippen molar-refractivity contribution < 1.29 is 4.79 Å². The molecule has 4 rings (SSSR count). The molecule has 3 heterocycles. The molecule has 3 aromatic rings. The molecule has 1 fully saturated rings. The minimum absolute atomic E-state index is 0.201. The van der Waals surface area contributed by atoms with Gasteiger partial charge in [-0.25, -0.2) is 0 Å². The molecule has 0 bridgehead atoms. The van der Waals surface area contributed by atoms with Crippen LogP contribution in [0.3, 0.4) is 0 Å². The van der Waals surface area contributed by atoms with Gasteiger partial charge in [0.2, 0.25) is 5.91 Å². The predicted molar refractivity (Wildman–Crippen MR) is 89.1 cm³/mol. The number of aromatic amines is 1. The summed E-state index contributed by atoms with van der Waals surface area (Å²) in [5.74, 6) is 0.201. The van der Waals surface area contributed by atoms with Gasteiger partial charge in [0.15, 0.2) is 0 Å². The first kappa shape index (κ1) is 14.1. The summed E-state index contributed by atoms with van der Waals surface area (Å²) in [4.78, 5) is 17.9. The maximum absolute atomic E-state index is 12.7. The number of hydrogen-bond donors (Lipinski definition) is 1. The zero-order chi connectivity index (χ0) is 15.6. The highest BCUT2D eigenvalue weighted by atomic mass is 16.2. The van der Waals surface area contributed by atoms with Crippen LogP contribution in [0.5, 0.6) is 0 Å². The Morgan fingerprint density at radius 1 is 1.30 bits per heavy atom. The van der Waals surface area contributed by atoms with Crippen molar-refractivity contribution in [2.45, 2.75) is 25.3 Å². The van der Waals surface area contributed by atoms with Crippen molar-refractivity contribution in [1.29, 1.82) is 0 Å². The van der Waals surface area contributed by atoms with Gasteiger partial charge in [-0.3, -0.25) is 9.48 Å². The predicted octanol–water partition coefficient (Wildman–Crippen LogP) is 2.77. The molecule has 0 aliphatic carbocycles. The molecule has 2 aromatic heterocycles. The summed E-state index contributed by atoms with van der Waals surface area (Å²) in [5, 5.41) is 5.46. The van der Waals surface area contributed by atoms with Crippen molar-refractivity contribution in [3.8, 4) is 0 Å². The Hall–Kier alpha value is -2.56. The number of nitrogens with zero attached hydrogens (tertiary/aromatic N) is 3. The van der Waals surface area contributed by atoms with Gasteiger partial charge in [0, 0.05) is 42.6 Å². The molecule has 1 amide bonds. The van der Waals surface area contributed by atoms with E-state index in [1.54, 1.807) is 6.20 Å². The molecule has 1 saturated heterocycles. The summed E-state index contributed by atoms with van der Waals surface area (Å²) in [6.07, 6.45) is 8.31. The van der Waals surface area contributed by atoms with E-state index in [1.165, 1.54) is 0 Å². The Kier molecular flexibility index (Phi) is 3.61. The Bertz CT molecular complexity index is 805. The van der Waals surface area contributed by atoms with E-state index in [-0.39, 0.29) is 5.91 Å².